The van der Waals surface area contributed by atoms with Crippen molar-refractivity contribution in [1.29, 1.82) is 0 Å². The normalized spacial score (nSPS) is 18.6. The van der Waals surface area contributed by atoms with Gasteiger partial charge in [0.25, 0.3) is 0 Å². The molecule has 0 aromatic heterocycles. The maximum Gasteiger partial charge on any atom is 0.0798 e. The second-order valence-corrected chi connectivity index (χ2v) is 6.63. The fourth-order valence-corrected chi connectivity index (χ4v) is 3.81. The summed E-state index contributed by atoms with van der Waals surface area (Å²) >= 11 is 0. The molecule has 2 aromatic rings. The van der Waals surface area contributed by atoms with Gasteiger partial charge >= 0.3 is 0 Å². The van der Waals surface area contributed by atoms with Gasteiger partial charge in [-0.2, -0.15) is 0 Å². The van der Waals surface area contributed by atoms with Crippen LogP contribution in [0.1, 0.15) is 62.2 Å². The fourth-order valence-electron chi connectivity index (χ4n) is 3.81. The predicted octanol–water partition coefficient (Wildman–Crippen LogP) is 5.54. The molecule has 3 rings (SSSR count). The quantitative estimate of drug-likeness (QED) is 0.732. The molecule has 1 fully saturated rings. The Labute approximate surface area is 128 Å². The molecule has 1 aliphatic rings. The van der Waals surface area contributed by atoms with Crippen LogP contribution in [-0.2, 0) is 0 Å². The van der Waals surface area contributed by atoms with Crippen LogP contribution in [0.3, 0.4) is 0 Å². The topological polar surface area (TPSA) is 20.2 Å². The van der Waals surface area contributed by atoms with Gasteiger partial charge in [0.1, 0.15) is 0 Å². The largest absolute Gasteiger partial charge is 0.388 e. The summed E-state index contributed by atoms with van der Waals surface area (Å²) < 4.78 is 0. The minimum Gasteiger partial charge on any atom is -0.388 e. The summed E-state index contributed by atoms with van der Waals surface area (Å²) in [6, 6.07) is 12.7. The van der Waals surface area contributed by atoms with Gasteiger partial charge < -0.3 is 5.11 Å². The zero-order valence-electron chi connectivity index (χ0n) is 13.0. The highest BCUT2D eigenvalue weighted by atomic mass is 16.3. The molecule has 0 heterocycles. The first-order valence-electron chi connectivity index (χ1n) is 8.42. The van der Waals surface area contributed by atoms with Crippen molar-refractivity contribution in [2.45, 2.75) is 58.0 Å². The van der Waals surface area contributed by atoms with Gasteiger partial charge in [0.05, 0.1) is 6.10 Å². The molecule has 0 bridgehead atoms. The Hall–Kier alpha value is -1.34. The first kappa shape index (κ1) is 14.6. The number of hydrogen-bond donors (Lipinski definition) is 1. The van der Waals surface area contributed by atoms with E-state index in [1.54, 1.807) is 0 Å². The number of hydrogen-bond acceptors (Lipinski definition) is 1. The molecule has 112 valence electrons. The van der Waals surface area contributed by atoms with Crippen LogP contribution in [0.2, 0.25) is 0 Å². The highest BCUT2D eigenvalue weighted by molar-refractivity contribution is 5.88. The summed E-state index contributed by atoms with van der Waals surface area (Å²) in [5.74, 6) is 0.697. The van der Waals surface area contributed by atoms with Gasteiger partial charge in [-0.3, -0.25) is 0 Å². The number of fused-ring (bicyclic) bond motifs is 1. The molecule has 1 N–H and O–H groups in total. The van der Waals surface area contributed by atoms with E-state index in [1.165, 1.54) is 54.9 Å². The third-order valence-electron chi connectivity index (χ3n) is 5.07. The van der Waals surface area contributed by atoms with Crippen LogP contribution in [0.4, 0.5) is 0 Å². The van der Waals surface area contributed by atoms with Gasteiger partial charge in [0, 0.05) is 0 Å². The van der Waals surface area contributed by atoms with Gasteiger partial charge in [-0.05, 0) is 41.2 Å². The van der Waals surface area contributed by atoms with Gasteiger partial charge in [-0.1, -0.05) is 74.9 Å². The zero-order chi connectivity index (χ0) is 14.7. The Morgan fingerprint density at radius 3 is 2.33 bits per heavy atom. The van der Waals surface area contributed by atoms with Crippen LogP contribution < -0.4 is 0 Å². The Bertz CT molecular complexity index is 594. The lowest BCUT2D eigenvalue weighted by atomic mass is 9.88. The molecule has 0 saturated heterocycles. The Balaban J connectivity index is 1.84. The van der Waals surface area contributed by atoms with Crippen molar-refractivity contribution in [3.8, 4) is 0 Å². The molecule has 1 heteroatoms. The third-order valence-corrected chi connectivity index (χ3v) is 5.07. The summed E-state index contributed by atoms with van der Waals surface area (Å²) in [7, 11) is 0. The van der Waals surface area contributed by atoms with Crippen molar-refractivity contribution in [1.82, 2.24) is 0 Å². The number of benzene rings is 2. The van der Waals surface area contributed by atoms with E-state index in [4.69, 9.17) is 0 Å². The van der Waals surface area contributed by atoms with E-state index in [1.807, 2.05) is 0 Å². The molecule has 0 radical (unpaired) electrons. The molecule has 2 aromatic carbocycles. The molecular formula is C20H26O. The monoisotopic (exact) mass is 282 g/mol. The van der Waals surface area contributed by atoms with Crippen LogP contribution in [0.25, 0.3) is 10.8 Å². The van der Waals surface area contributed by atoms with E-state index < -0.39 is 0 Å². The maximum atomic E-state index is 10.8. The van der Waals surface area contributed by atoms with Crippen LogP contribution >= 0.6 is 0 Å². The lowest BCUT2D eigenvalue weighted by Crippen LogP contribution is -2.07. The van der Waals surface area contributed by atoms with Crippen LogP contribution in [0.15, 0.2) is 36.4 Å². The highest BCUT2D eigenvalue weighted by Crippen LogP contribution is 2.34. The van der Waals surface area contributed by atoms with E-state index in [-0.39, 0.29) is 6.10 Å². The molecule has 0 spiro atoms. The second kappa shape index (κ2) is 6.62. The van der Waals surface area contributed by atoms with Crippen LogP contribution in [-0.4, -0.2) is 5.11 Å². The summed E-state index contributed by atoms with van der Waals surface area (Å²) in [6.45, 7) is 2.14. The Kier molecular flexibility index (Phi) is 4.60. The average Bonchev–Trinajstić information content (AvgIpc) is 2.76. The minimum absolute atomic E-state index is 0.321. The van der Waals surface area contributed by atoms with Crippen molar-refractivity contribution < 1.29 is 5.11 Å². The Morgan fingerprint density at radius 2 is 1.62 bits per heavy atom. The summed E-state index contributed by atoms with van der Waals surface area (Å²) in [5.41, 5.74) is 2.40. The van der Waals surface area contributed by atoms with E-state index in [0.29, 0.717) is 5.92 Å². The van der Waals surface area contributed by atoms with E-state index in [9.17, 15) is 5.11 Å². The molecule has 1 atom stereocenters. The maximum absolute atomic E-state index is 10.8. The van der Waals surface area contributed by atoms with Crippen molar-refractivity contribution in [3.05, 3.63) is 47.5 Å². The lowest BCUT2D eigenvalue weighted by Gasteiger charge is -2.20. The molecule has 0 amide bonds. The van der Waals surface area contributed by atoms with Crippen LogP contribution in [0, 0.1) is 12.8 Å². The number of aryl methyl sites for hydroxylation is 1. The molecular weight excluding hydrogens is 256 g/mol. The van der Waals surface area contributed by atoms with E-state index in [0.717, 1.165) is 12.0 Å². The second-order valence-electron chi connectivity index (χ2n) is 6.63. The standard InChI is InChI=1S/C20H26O/c1-15-12-13-19(18-11-7-6-10-17(15)18)20(21)14-16-8-4-2-3-5-9-16/h6-7,10-13,16,20-21H,2-5,8-9,14H2,1H3. The molecule has 1 unspecified atom stereocenters. The van der Waals surface area contributed by atoms with E-state index >= 15 is 0 Å². The average molecular weight is 282 g/mol. The lowest BCUT2D eigenvalue weighted by molar-refractivity contribution is 0.140. The first-order valence-corrected chi connectivity index (χ1v) is 8.42. The summed E-state index contributed by atoms with van der Waals surface area (Å²) in [4.78, 5) is 0. The fraction of sp³-hybridized carbons (Fsp3) is 0.500. The van der Waals surface area contributed by atoms with Crippen molar-refractivity contribution in [3.63, 3.8) is 0 Å². The molecule has 1 nitrogen and oxygen atoms in total. The SMILES string of the molecule is Cc1ccc(C(O)CC2CCCCCC2)c2ccccc12. The summed E-state index contributed by atoms with van der Waals surface area (Å²) in [5, 5.41) is 13.2. The highest BCUT2D eigenvalue weighted by Gasteiger charge is 2.19. The molecule has 1 aliphatic carbocycles. The third kappa shape index (κ3) is 3.29. The van der Waals surface area contributed by atoms with Crippen molar-refractivity contribution in [2.75, 3.05) is 0 Å². The summed E-state index contributed by atoms with van der Waals surface area (Å²) in [6.07, 6.45) is 8.62. The van der Waals surface area contributed by atoms with Crippen LogP contribution in [0.5, 0.6) is 0 Å². The molecule has 1 saturated carbocycles. The van der Waals surface area contributed by atoms with Gasteiger partial charge in [-0.15, -0.1) is 0 Å². The van der Waals surface area contributed by atoms with Crippen molar-refractivity contribution >= 4 is 10.8 Å². The molecule has 0 aliphatic heterocycles. The Morgan fingerprint density at radius 1 is 0.952 bits per heavy atom. The first-order chi connectivity index (χ1) is 10.3. The predicted molar refractivity (Wildman–Crippen MR) is 89.5 cm³/mol. The smallest absolute Gasteiger partial charge is 0.0798 e. The zero-order valence-corrected chi connectivity index (χ0v) is 13.0. The number of aliphatic hydroxyl groups excluding tert-OH is 1. The number of aliphatic hydroxyl groups is 1. The van der Waals surface area contributed by atoms with Gasteiger partial charge in [0.2, 0.25) is 0 Å². The van der Waals surface area contributed by atoms with Gasteiger partial charge in [-0.25, -0.2) is 0 Å². The molecule has 21 heavy (non-hydrogen) atoms. The van der Waals surface area contributed by atoms with E-state index in [2.05, 4.69) is 43.3 Å². The minimum atomic E-state index is -0.321. The van der Waals surface area contributed by atoms with Gasteiger partial charge in [0.15, 0.2) is 0 Å². The van der Waals surface area contributed by atoms with Crippen molar-refractivity contribution in [2.24, 2.45) is 5.92 Å². The number of rotatable bonds is 3.